The van der Waals surface area contributed by atoms with Gasteiger partial charge in [-0.1, -0.05) is 104 Å². The van der Waals surface area contributed by atoms with Crippen molar-refractivity contribution in [2.75, 3.05) is 0 Å². The highest BCUT2D eigenvalue weighted by Crippen LogP contribution is 2.41. The van der Waals surface area contributed by atoms with Gasteiger partial charge in [-0.25, -0.2) is 0 Å². The topological polar surface area (TPSA) is 0 Å². The van der Waals surface area contributed by atoms with Crippen LogP contribution in [0.1, 0.15) is 135 Å². The summed E-state index contributed by atoms with van der Waals surface area (Å²) in [5.74, 6) is 4.98. The van der Waals surface area contributed by atoms with Crippen LogP contribution in [0.15, 0.2) is 22.3 Å². The predicted molar refractivity (Wildman–Crippen MR) is 147 cm³/mol. The van der Waals surface area contributed by atoms with Crippen LogP contribution in [-0.2, 0) is 0 Å². The summed E-state index contributed by atoms with van der Waals surface area (Å²) >= 11 is 0. The Hall–Kier alpha value is -0.520. The Morgan fingerprint density at radius 3 is 0.750 bits per heavy atom. The second-order valence-electron chi connectivity index (χ2n) is 13.6. The highest BCUT2D eigenvalue weighted by molar-refractivity contribution is 5.23. The molecule has 0 aromatic rings. The van der Waals surface area contributed by atoms with Crippen molar-refractivity contribution in [2.24, 2.45) is 46.3 Å². The Morgan fingerprint density at radius 2 is 0.625 bits per heavy atom. The van der Waals surface area contributed by atoms with E-state index < -0.39 is 0 Å². The second-order valence-corrected chi connectivity index (χ2v) is 13.6. The summed E-state index contributed by atoms with van der Waals surface area (Å²) in [5.41, 5.74) is 7.74. The zero-order valence-corrected chi connectivity index (χ0v) is 24.7. The lowest BCUT2D eigenvalue weighted by molar-refractivity contribution is 0.191. The third-order valence-corrected chi connectivity index (χ3v) is 10.5. The van der Waals surface area contributed by atoms with Crippen LogP contribution in [0.2, 0.25) is 0 Å². The van der Waals surface area contributed by atoms with Crippen molar-refractivity contribution in [3.05, 3.63) is 22.3 Å². The van der Waals surface area contributed by atoms with Gasteiger partial charge in [0.1, 0.15) is 0 Å². The van der Waals surface area contributed by atoms with Crippen LogP contribution in [0.4, 0.5) is 0 Å². The van der Waals surface area contributed by atoms with Crippen molar-refractivity contribution in [3.63, 3.8) is 0 Å². The lowest BCUT2D eigenvalue weighted by atomic mass is 9.72. The number of rotatable bonds is 0. The van der Waals surface area contributed by atoms with Gasteiger partial charge < -0.3 is 0 Å². The number of hydrogen-bond donors (Lipinski definition) is 0. The average molecular weight is 445 g/mol. The number of allylic oxidation sites excluding steroid dienone is 4. The van der Waals surface area contributed by atoms with E-state index >= 15 is 0 Å². The molecule has 2 unspecified atom stereocenters. The molecule has 1 fully saturated rings. The van der Waals surface area contributed by atoms with Crippen LogP contribution in [0.25, 0.3) is 0 Å². The highest BCUT2D eigenvalue weighted by Gasteiger charge is 2.30. The minimum Gasteiger partial charge on any atom is -0.0710 e. The first-order chi connectivity index (χ1) is 14.5. The Morgan fingerprint density at radius 1 is 0.438 bits per heavy atom. The summed E-state index contributed by atoms with van der Waals surface area (Å²) in [6.45, 7) is 32.9. The van der Waals surface area contributed by atoms with Crippen molar-refractivity contribution < 1.29 is 0 Å². The van der Waals surface area contributed by atoms with Gasteiger partial charge in [0, 0.05) is 0 Å². The zero-order valence-electron chi connectivity index (χ0n) is 24.7. The van der Waals surface area contributed by atoms with Gasteiger partial charge >= 0.3 is 0 Å². The quantitative estimate of drug-likeness (QED) is 0.326. The summed E-state index contributed by atoms with van der Waals surface area (Å²) in [4.78, 5) is 0. The molecular weight excluding hydrogens is 384 g/mol. The lowest BCUT2D eigenvalue weighted by Gasteiger charge is -2.33. The lowest BCUT2D eigenvalue weighted by Crippen LogP contribution is -2.20. The van der Waals surface area contributed by atoms with Crippen LogP contribution in [0.5, 0.6) is 0 Å². The SMILES string of the molecule is CC1(C)CCCC(C)(C)CCC1.CC1=C(C)[C@H](C)C(C)[C@@H]1C.CC1=C(C)[C@H](C)C(C)[C@@H]1C. The first-order valence-corrected chi connectivity index (χ1v) is 13.9. The van der Waals surface area contributed by atoms with Crippen LogP contribution in [0.3, 0.4) is 0 Å². The molecule has 0 heterocycles. The molecule has 0 heteroatoms. The molecule has 32 heavy (non-hydrogen) atoms. The van der Waals surface area contributed by atoms with E-state index in [9.17, 15) is 0 Å². The van der Waals surface area contributed by atoms with Gasteiger partial charge in [0.15, 0.2) is 0 Å². The van der Waals surface area contributed by atoms with Crippen LogP contribution >= 0.6 is 0 Å². The van der Waals surface area contributed by atoms with Gasteiger partial charge in [-0.05, 0) is 99.7 Å². The summed E-state index contributed by atoms with van der Waals surface area (Å²) in [6, 6.07) is 0. The van der Waals surface area contributed by atoms with Crippen molar-refractivity contribution in [3.8, 4) is 0 Å². The molecule has 0 radical (unpaired) electrons. The molecule has 0 amide bonds. The first-order valence-electron chi connectivity index (χ1n) is 13.9. The molecule has 0 bridgehead atoms. The van der Waals surface area contributed by atoms with Crippen molar-refractivity contribution >= 4 is 0 Å². The predicted octanol–water partition coefficient (Wildman–Crippen LogP) is 10.9. The maximum Gasteiger partial charge on any atom is -0.0200 e. The van der Waals surface area contributed by atoms with Gasteiger partial charge in [-0.2, -0.15) is 0 Å². The monoisotopic (exact) mass is 444 g/mol. The summed E-state index contributed by atoms with van der Waals surface area (Å²) in [7, 11) is 0. The molecule has 3 aliphatic carbocycles. The first kappa shape index (κ1) is 29.5. The van der Waals surface area contributed by atoms with Crippen molar-refractivity contribution in [2.45, 2.75) is 135 Å². The summed E-state index contributed by atoms with van der Waals surface area (Å²) in [5, 5.41) is 0. The Kier molecular flexibility index (Phi) is 10.8. The third-order valence-electron chi connectivity index (χ3n) is 10.5. The van der Waals surface area contributed by atoms with E-state index in [-0.39, 0.29) is 0 Å². The third kappa shape index (κ3) is 7.77. The molecule has 0 N–H and O–H groups in total. The molecule has 0 saturated heterocycles. The molecule has 188 valence electrons. The standard InChI is InChI=1S/C12H24.2C10H18/c1-11(2)7-5-9-12(3,4)10-6-8-11;2*1-6-7(2)9(4)10(5)8(6)3/h5-10H2,1-4H3;2*6-8H,1-5H3/t;2*6?,7-,8+. The molecule has 0 nitrogen and oxygen atoms in total. The molecule has 3 rings (SSSR count). The van der Waals surface area contributed by atoms with E-state index in [2.05, 4.69) is 96.9 Å². The summed E-state index contributed by atoms with van der Waals surface area (Å²) < 4.78 is 0. The van der Waals surface area contributed by atoms with Crippen LogP contribution < -0.4 is 0 Å². The summed E-state index contributed by atoms with van der Waals surface area (Å²) in [6.07, 6.45) is 8.57. The fraction of sp³-hybridized carbons (Fsp3) is 0.875. The van der Waals surface area contributed by atoms with E-state index in [4.69, 9.17) is 0 Å². The molecule has 6 atom stereocenters. The Labute approximate surface area is 204 Å². The Bertz CT molecular complexity index is 550. The molecule has 0 aromatic carbocycles. The van der Waals surface area contributed by atoms with Gasteiger partial charge in [-0.15, -0.1) is 0 Å². The smallest absolute Gasteiger partial charge is 0.0200 e. The molecule has 3 aliphatic rings. The number of hydrogen-bond acceptors (Lipinski definition) is 0. The van der Waals surface area contributed by atoms with Gasteiger partial charge in [0.25, 0.3) is 0 Å². The van der Waals surface area contributed by atoms with E-state index in [1.54, 1.807) is 22.3 Å². The van der Waals surface area contributed by atoms with E-state index in [1.165, 1.54) is 38.5 Å². The largest absolute Gasteiger partial charge is 0.0710 e. The molecular formula is C32H60. The molecule has 0 spiro atoms. The fourth-order valence-corrected chi connectivity index (χ4v) is 6.22. The zero-order chi connectivity index (χ0) is 25.0. The minimum atomic E-state index is 0.622. The molecule has 0 aliphatic heterocycles. The molecule has 1 saturated carbocycles. The average Bonchev–Trinajstić information content (AvgIpc) is 2.97. The minimum absolute atomic E-state index is 0.622. The van der Waals surface area contributed by atoms with E-state index in [0.29, 0.717) is 10.8 Å². The normalized spacial score (nSPS) is 36.6. The Balaban J connectivity index is 0.000000241. The highest BCUT2D eigenvalue weighted by atomic mass is 14.4. The van der Waals surface area contributed by atoms with Crippen LogP contribution in [-0.4, -0.2) is 0 Å². The maximum atomic E-state index is 2.42. The van der Waals surface area contributed by atoms with Gasteiger partial charge in [0.2, 0.25) is 0 Å². The van der Waals surface area contributed by atoms with E-state index in [1.807, 2.05) is 0 Å². The van der Waals surface area contributed by atoms with E-state index in [0.717, 1.165) is 35.5 Å². The van der Waals surface area contributed by atoms with Crippen molar-refractivity contribution in [1.29, 1.82) is 0 Å². The molecule has 0 aromatic heterocycles. The van der Waals surface area contributed by atoms with Gasteiger partial charge in [0.05, 0.1) is 0 Å². The van der Waals surface area contributed by atoms with Crippen LogP contribution in [0, 0.1) is 46.3 Å². The van der Waals surface area contributed by atoms with Crippen molar-refractivity contribution in [1.82, 2.24) is 0 Å². The fourth-order valence-electron chi connectivity index (χ4n) is 6.22. The second kappa shape index (κ2) is 11.8. The van der Waals surface area contributed by atoms with Gasteiger partial charge in [-0.3, -0.25) is 0 Å². The maximum absolute atomic E-state index is 2.42.